The number of aromatic nitrogens is 3. The van der Waals surface area contributed by atoms with E-state index in [0.717, 1.165) is 62.5 Å². The first-order chi connectivity index (χ1) is 14.2. The normalized spacial score (nSPS) is 29.2. The van der Waals surface area contributed by atoms with Crippen molar-refractivity contribution in [1.29, 1.82) is 0 Å². The molecule has 8 nitrogen and oxygen atoms in total. The average molecular weight is 398 g/mol. The molecule has 2 bridgehead atoms. The van der Waals surface area contributed by atoms with Crippen LogP contribution in [0.25, 0.3) is 11.3 Å². The minimum atomic E-state index is 0.173. The zero-order valence-corrected chi connectivity index (χ0v) is 16.7. The smallest absolute Gasteiger partial charge is 0.231 e. The fourth-order valence-corrected chi connectivity index (χ4v) is 5.26. The summed E-state index contributed by atoms with van der Waals surface area (Å²) in [6.07, 6.45) is 4.25. The summed E-state index contributed by atoms with van der Waals surface area (Å²) in [6, 6.07) is 8.23. The Balaban J connectivity index is 1.24. The van der Waals surface area contributed by atoms with E-state index >= 15 is 0 Å². The summed E-state index contributed by atoms with van der Waals surface area (Å²) in [6.45, 7) is 5.77. The highest BCUT2D eigenvalue weighted by atomic mass is 16.5. The van der Waals surface area contributed by atoms with Crippen molar-refractivity contribution in [3.63, 3.8) is 0 Å². The van der Waals surface area contributed by atoms with E-state index in [0.29, 0.717) is 31.1 Å². The molecule has 29 heavy (non-hydrogen) atoms. The Morgan fingerprint density at radius 1 is 1.31 bits per heavy atom. The number of nitrogens with zero attached hydrogens (tertiary/aromatic N) is 4. The van der Waals surface area contributed by atoms with Crippen LogP contribution in [-0.4, -0.2) is 71.2 Å². The number of nitrogen functional groups attached to an aromatic ring is 1. The Hall–Kier alpha value is -2.45. The van der Waals surface area contributed by atoms with Gasteiger partial charge in [-0.2, -0.15) is 0 Å². The van der Waals surface area contributed by atoms with Gasteiger partial charge in [-0.15, -0.1) is 5.10 Å². The molecule has 4 fully saturated rings. The third-order valence-corrected chi connectivity index (χ3v) is 6.82. The molecule has 0 aliphatic carbocycles. The number of piperidine rings is 3. The van der Waals surface area contributed by atoms with Crippen molar-refractivity contribution in [1.82, 2.24) is 19.9 Å². The molecule has 1 amide bonds. The molecule has 4 atom stereocenters. The first-order valence-corrected chi connectivity index (χ1v) is 10.6. The van der Waals surface area contributed by atoms with Crippen LogP contribution in [0.4, 0.5) is 5.69 Å². The summed E-state index contributed by atoms with van der Waals surface area (Å²) in [5, 5.41) is 8.69. The van der Waals surface area contributed by atoms with Gasteiger partial charge in [0, 0.05) is 37.2 Å². The van der Waals surface area contributed by atoms with Crippen molar-refractivity contribution < 1.29 is 14.4 Å². The van der Waals surface area contributed by atoms with Gasteiger partial charge in [0.25, 0.3) is 0 Å². The minimum absolute atomic E-state index is 0.173. The number of amides is 1. The highest BCUT2D eigenvalue weighted by molar-refractivity contribution is 5.79. The average Bonchev–Trinajstić information content (AvgIpc) is 3.23. The van der Waals surface area contributed by atoms with Crippen molar-refractivity contribution >= 4 is 11.6 Å². The summed E-state index contributed by atoms with van der Waals surface area (Å²) < 4.78 is 7.36. The van der Waals surface area contributed by atoms with Crippen molar-refractivity contribution in [2.75, 3.05) is 45.1 Å². The topological polar surface area (TPSA) is 90.7 Å². The van der Waals surface area contributed by atoms with E-state index in [1.807, 2.05) is 40.0 Å². The quantitative estimate of drug-likeness (QED) is 0.690. The van der Waals surface area contributed by atoms with Crippen LogP contribution in [0.1, 0.15) is 12.8 Å². The Kier molecular flexibility index (Phi) is 4.97. The Morgan fingerprint density at radius 3 is 2.93 bits per heavy atom. The maximum atomic E-state index is 13.0. The van der Waals surface area contributed by atoms with Crippen molar-refractivity contribution in [3.05, 3.63) is 30.5 Å². The predicted molar refractivity (Wildman–Crippen MR) is 108 cm³/mol. The first kappa shape index (κ1) is 18.6. The number of anilines is 1. The molecule has 5 heterocycles. The molecule has 8 heteroatoms. The number of hydrogen-bond acceptors (Lipinski definition) is 5. The van der Waals surface area contributed by atoms with E-state index < -0.39 is 0 Å². The SMILES string of the molecule is Nc1cccc(-c2cn(C[C@H]3C[C@H]4CC[NH+]3C[C@@H]4C(=O)N3CCOCC3)nn2)c1. The van der Waals surface area contributed by atoms with Crippen LogP contribution in [0, 0.1) is 11.8 Å². The van der Waals surface area contributed by atoms with E-state index in [1.165, 1.54) is 0 Å². The van der Waals surface area contributed by atoms with Gasteiger partial charge in [-0.05, 0) is 18.1 Å². The van der Waals surface area contributed by atoms with Crippen molar-refractivity contribution in [2.45, 2.75) is 25.4 Å². The number of nitrogens with one attached hydrogen (secondary N) is 1. The fraction of sp³-hybridized carbons (Fsp3) is 0.571. The van der Waals surface area contributed by atoms with Crippen LogP contribution in [0.3, 0.4) is 0 Å². The molecule has 1 aromatic heterocycles. The number of benzene rings is 1. The van der Waals surface area contributed by atoms with Crippen molar-refractivity contribution in [2.24, 2.45) is 11.8 Å². The first-order valence-electron chi connectivity index (χ1n) is 10.6. The minimum Gasteiger partial charge on any atom is -0.399 e. The Bertz CT molecular complexity index is 878. The molecule has 1 unspecified atom stereocenters. The second kappa shape index (κ2) is 7.76. The summed E-state index contributed by atoms with van der Waals surface area (Å²) >= 11 is 0. The summed E-state index contributed by atoms with van der Waals surface area (Å²) in [5.41, 5.74) is 8.46. The lowest BCUT2D eigenvalue weighted by Gasteiger charge is -2.47. The molecule has 2 aromatic rings. The Morgan fingerprint density at radius 2 is 2.17 bits per heavy atom. The number of quaternary nitrogens is 1. The van der Waals surface area contributed by atoms with Crippen LogP contribution >= 0.6 is 0 Å². The fourth-order valence-electron chi connectivity index (χ4n) is 5.26. The lowest BCUT2D eigenvalue weighted by Crippen LogP contribution is -3.20. The maximum Gasteiger partial charge on any atom is 0.231 e. The molecule has 4 aliphatic heterocycles. The number of ether oxygens (including phenoxy) is 1. The van der Waals surface area contributed by atoms with Gasteiger partial charge in [0.2, 0.25) is 5.91 Å². The predicted octanol–water partition coefficient (Wildman–Crippen LogP) is -0.321. The molecule has 0 radical (unpaired) electrons. The molecule has 3 N–H and O–H groups in total. The van der Waals surface area contributed by atoms with Gasteiger partial charge in [-0.25, -0.2) is 4.68 Å². The molecule has 1 aromatic carbocycles. The number of nitrogens with two attached hydrogens (primary N) is 1. The van der Waals surface area contributed by atoms with Crippen molar-refractivity contribution in [3.8, 4) is 11.3 Å². The van der Waals surface area contributed by atoms with Gasteiger partial charge in [-0.1, -0.05) is 17.3 Å². The largest absolute Gasteiger partial charge is 0.399 e. The molecular weight excluding hydrogens is 368 g/mol. The highest BCUT2D eigenvalue weighted by Crippen LogP contribution is 2.29. The number of carbonyl (C=O) groups is 1. The molecule has 154 valence electrons. The van der Waals surface area contributed by atoms with Crippen LogP contribution in [-0.2, 0) is 16.1 Å². The Labute approximate surface area is 170 Å². The highest BCUT2D eigenvalue weighted by Gasteiger charge is 2.47. The summed E-state index contributed by atoms with van der Waals surface area (Å²) in [4.78, 5) is 16.6. The van der Waals surface area contributed by atoms with Gasteiger partial charge in [0.05, 0.1) is 45.0 Å². The second-order valence-electron chi connectivity index (χ2n) is 8.59. The molecular formula is C21H29N6O2+. The third-order valence-electron chi connectivity index (χ3n) is 6.82. The zero-order valence-electron chi connectivity index (χ0n) is 16.7. The number of carbonyl (C=O) groups excluding carboxylic acids is 1. The van der Waals surface area contributed by atoms with Crippen LogP contribution in [0.15, 0.2) is 30.5 Å². The lowest BCUT2D eigenvalue weighted by molar-refractivity contribution is -0.945. The van der Waals surface area contributed by atoms with Crippen LogP contribution in [0.5, 0.6) is 0 Å². The van der Waals surface area contributed by atoms with Gasteiger partial charge in [0.1, 0.15) is 11.7 Å². The molecule has 4 aliphatic rings. The lowest BCUT2D eigenvalue weighted by atomic mass is 9.75. The van der Waals surface area contributed by atoms with Crippen LogP contribution in [0.2, 0.25) is 0 Å². The third kappa shape index (κ3) is 3.74. The van der Waals surface area contributed by atoms with Crippen LogP contribution < -0.4 is 10.6 Å². The maximum absolute atomic E-state index is 13.0. The second-order valence-corrected chi connectivity index (χ2v) is 8.59. The van der Waals surface area contributed by atoms with E-state index in [4.69, 9.17) is 10.5 Å². The van der Waals surface area contributed by atoms with E-state index in [1.54, 1.807) is 4.90 Å². The van der Waals surface area contributed by atoms with E-state index in [9.17, 15) is 4.79 Å². The monoisotopic (exact) mass is 397 g/mol. The van der Waals surface area contributed by atoms with Gasteiger partial charge < -0.3 is 20.3 Å². The molecule has 6 rings (SSSR count). The van der Waals surface area contributed by atoms with Gasteiger partial charge in [0.15, 0.2) is 0 Å². The number of rotatable bonds is 4. The van der Waals surface area contributed by atoms with Gasteiger partial charge in [-0.3, -0.25) is 4.79 Å². The zero-order chi connectivity index (χ0) is 19.8. The molecule has 0 saturated carbocycles. The van der Waals surface area contributed by atoms with E-state index in [2.05, 4.69) is 10.3 Å². The number of hydrogen-bond donors (Lipinski definition) is 2. The standard InChI is InChI=1S/C21H28N6O2/c22-17-3-1-2-16(10-17)20-14-27(24-23-20)12-18-11-15-4-5-26(18)13-19(15)21(28)25-6-8-29-9-7-25/h1-3,10,14-15,18-19H,4-9,11-13,22H2/p+1/t15-,18-,19+/m1/s1. The number of fused-ring (bicyclic) bond motifs is 3. The van der Waals surface area contributed by atoms with Gasteiger partial charge >= 0.3 is 0 Å². The number of morpholine rings is 1. The van der Waals surface area contributed by atoms with E-state index in [-0.39, 0.29) is 5.92 Å². The summed E-state index contributed by atoms with van der Waals surface area (Å²) in [7, 11) is 0. The summed E-state index contributed by atoms with van der Waals surface area (Å²) in [5.74, 6) is 1.01. The molecule has 0 spiro atoms. The molecule has 4 saturated heterocycles.